The second kappa shape index (κ2) is 5.31. The molecule has 2 aromatic rings. The van der Waals surface area contributed by atoms with Crippen molar-refractivity contribution in [2.45, 2.75) is 13.5 Å². The van der Waals surface area contributed by atoms with E-state index in [4.69, 9.17) is 21.1 Å². The molecular weight excluding hydrogens is 252 g/mol. The molecule has 96 valence electrons. The first-order valence-electron chi connectivity index (χ1n) is 5.64. The molecule has 0 saturated heterocycles. The summed E-state index contributed by atoms with van der Waals surface area (Å²) in [5.74, 6) is 2.00. The van der Waals surface area contributed by atoms with Crippen LogP contribution in [-0.2, 0) is 6.54 Å². The maximum absolute atomic E-state index is 6.18. The van der Waals surface area contributed by atoms with Gasteiger partial charge in [0.25, 0.3) is 0 Å². The Bertz CT molecular complexity index is 552. The van der Waals surface area contributed by atoms with E-state index in [9.17, 15) is 0 Å². The summed E-state index contributed by atoms with van der Waals surface area (Å²) in [5, 5.41) is 0.512. The molecule has 0 amide bonds. The van der Waals surface area contributed by atoms with Crippen molar-refractivity contribution in [2.75, 3.05) is 14.2 Å². The van der Waals surface area contributed by atoms with Gasteiger partial charge in [0.1, 0.15) is 5.82 Å². The third-order valence-corrected chi connectivity index (χ3v) is 3.03. The quantitative estimate of drug-likeness (QED) is 0.852. The van der Waals surface area contributed by atoms with E-state index in [-0.39, 0.29) is 0 Å². The van der Waals surface area contributed by atoms with Gasteiger partial charge >= 0.3 is 0 Å². The second-order valence-corrected chi connectivity index (χ2v) is 4.14. The lowest BCUT2D eigenvalue weighted by Gasteiger charge is -2.12. The van der Waals surface area contributed by atoms with Crippen LogP contribution in [0.4, 0.5) is 0 Å². The van der Waals surface area contributed by atoms with Crippen molar-refractivity contribution >= 4 is 11.6 Å². The summed E-state index contributed by atoms with van der Waals surface area (Å²) in [6.45, 7) is 2.91. The number of aryl methyl sites for hydroxylation is 1. The maximum Gasteiger partial charge on any atom is 0.179 e. The predicted molar refractivity (Wildman–Crippen MR) is 71.5 cm³/mol. The number of rotatable bonds is 4. The van der Waals surface area contributed by atoms with E-state index < -0.39 is 0 Å². The second-order valence-electron chi connectivity index (χ2n) is 3.73. The molecular formula is C13H15ClN2O2. The SMILES string of the molecule is CCn1ccnc1-c1cc(Cl)c(OC)c(OC)c1. The van der Waals surface area contributed by atoms with E-state index in [1.54, 1.807) is 20.4 Å². The minimum absolute atomic E-state index is 0.512. The molecule has 5 heteroatoms. The number of hydrogen-bond donors (Lipinski definition) is 0. The van der Waals surface area contributed by atoms with Crippen molar-refractivity contribution in [3.63, 3.8) is 0 Å². The molecule has 0 spiro atoms. The van der Waals surface area contributed by atoms with Crippen LogP contribution in [0.1, 0.15) is 6.92 Å². The van der Waals surface area contributed by atoms with Gasteiger partial charge in [0.2, 0.25) is 0 Å². The Morgan fingerprint density at radius 2 is 2.06 bits per heavy atom. The molecule has 0 unspecified atom stereocenters. The van der Waals surface area contributed by atoms with Gasteiger partial charge in [-0.25, -0.2) is 4.98 Å². The van der Waals surface area contributed by atoms with Crippen LogP contribution in [0, 0.1) is 0 Å². The fourth-order valence-electron chi connectivity index (χ4n) is 1.87. The summed E-state index contributed by atoms with van der Waals surface area (Å²) >= 11 is 6.18. The van der Waals surface area contributed by atoms with Crippen LogP contribution < -0.4 is 9.47 Å². The molecule has 0 saturated carbocycles. The highest BCUT2D eigenvalue weighted by molar-refractivity contribution is 6.32. The van der Waals surface area contributed by atoms with Crippen molar-refractivity contribution in [1.82, 2.24) is 9.55 Å². The number of imidazole rings is 1. The first-order chi connectivity index (χ1) is 8.71. The zero-order valence-electron chi connectivity index (χ0n) is 10.6. The molecule has 1 heterocycles. The largest absolute Gasteiger partial charge is 0.493 e. The Labute approximate surface area is 111 Å². The van der Waals surface area contributed by atoms with Crippen molar-refractivity contribution in [2.24, 2.45) is 0 Å². The van der Waals surface area contributed by atoms with Crippen molar-refractivity contribution in [1.29, 1.82) is 0 Å². The summed E-state index contributed by atoms with van der Waals surface area (Å²) in [4.78, 5) is 4.34. The summed E-state index contributed by atoms with van der Waals surface area (Å²) in [6.07, 6.45) is 3.70. The predicted octanol–water partition coefficient (Wildman–Crippen LogP) is 3.24. The molecule has 0 radical (unpaired) electrons. The van der Waals surface area contributed by atoms with Gasteiger partial charge in [-0.3, -0.25) is 0 Å². The van der Waals surface area contributed by atoms with Crippen molar-refractivity contribution in [3.05, 3.63) is 29.5 Å². The normalized spacial score (nSPS) is 10.4. The average Bonchev–Trinajstić information content (AvgIpc) is 2.85. The lowest BCUT2D eigenvalue weighted by Crippen LogP contribution is -1.98. The first kappa shape index (κ1) is 12.8. The van der Waals surface area contributed by atoms with Crippen LogP contribution in [0.3, 0.4) is 0 Å². The highest BCUT2D eigenvalue weighted by atomic mass is 35.5. The number of methoxy groups -OCH3 is 2. The van der Waals surface area contributed by atoms with Crippen LogP contribution in [0.5, 0.6) is 11.5 Å². The molecule has 1 aromatic heterocycles. The molecule has 4 nitrogen and oxygen atoms in total. The number of aromatic nitrogens is 2. The van der Waals surface area contributed by atoms with Gasteiger partial charge < -0.3 is 14.0 Å². The highest BCUT2D eigenvalue weighted by Crippen LogP contribution is 2.38. The van der Waals surface area contributed by atoms with E-state index in [0.29, 0.717) is 16.5 Å². The van der Waals surface area contributed by atoms with Crippen LogP contribution in [0.15, 0.2) is 24.5 Å². The molecule has 0 fully saturated rings. The van der Waals surface area contributed by atoms with Crippen LogP contribution in [0.25, 0.3) is 11.4 Å². The Kier molecular flexibility index (Phi) is 3.77. The number of halogens is 1. The lowest BCUT2D eigenvalue weighted by molar-refractivity contribution is 0.355. The average molecular weight is 267 g/mol. The first-order valence-corrected chi connectivity index (χ1v) is 6.02. The van der Waals surface area contributed by atoms with E-state index >= 15 is 0 Å². The summed E-state index contributed by atoms with van der Waals surface area (Å²) < 4.78 is 12.5. The number of benzene rings is 1. The maximum atomic E-state index is 6.18. The van der Waals surface area contributed by atoms with Crippen molar-refractivity contribution in [3.8, 4) is 22.9 Å². The Morgan fingerprint density at radius 1 is 1.28 bits per heavy atom. The fourth-order valence-corrected chi connectivity index (χ4v) is 2.16. The van der Waals surface area contributed by atoms with Gasteiger partial charge in [-0.2, -0.15) is 0 Å². The molecule has 18 heavy (non-hydrogen) atoms. The van der Waals surface area contributed by atoms with Gasteiger partial charge in [-0.1, -0.05) is 11.6 Å². The lowest BCUT2D eigenvalue weighted by atomic mass is 10.2. The smallest absolute Gasteiger partial charge is 0.179 e. The van der Waals surface area contributed by atoms with Gasteiger partial charge in [-0.05, 0) is 19.1 Å². The Hall–Kier alpha value is -1.68. The zero-order valence-corrected chi connectivity index (χ0v) is 11.4. The van der Waals surface area contributed by atoms with Crippen LogP contribution >= 0.6 is 11.6 Å². The highest BCUT2D eigenvalue weighted by Gasteiger charge is 2.14. The van der Waals surface area contributed by atoms with Gasteiger partial charge in [0.05, 0.1) is 19.2 Å². The minimum Gasteiger partial charge on any atom is -0.493 e. The van der Waals surface area contributed by atoms with Gasteiger partial charge in [-0.15, -0.1) is 0 Å². The molecule has 0 atom stereocenters. The van der Waals surface area contributed by atoms with E-state index in [0.717, 1.165) is 17.9 Å². The third-order valence-electron chi connectivity index (χ3n) is 2.75. The number of nitrogens with zero attached hydrogens (tertiary/aromatic N) is 2. The topological polar surface area (TPSA) is 36.3 Å². The molecule has 1 aromatic carbocycles. The van der Waals surface area contributed by atoms with Crippen LogP contribution in [-0.4, -0.2) is 23.8 Å². The number of ether oxygens (including phenoxy) is 2. The molecule has 2 rings (SSSR count). The third kappa shape index (κ3) is 2.16. The van der Waals surface area contributed by atoms with E-state index in [1.807, 2.05) is 22.9 Å². The monoisotopic (exact) mass is 266 g/mol. The Morgan fingerprint density at radius 3 is 2.67 bits per heavy atom. The Balaban J connectivity index is 2.56. The van der Waals surface area contributed by atoms with Crippen LogP contribution in [0.2, 0.25) is 5.02 Å². The van der Waals surface area contributed by atoms with Gasteiger partial charge in [0, 0.05) is 24.5 Å². The molecule has 0 N–H and O–H groups in total. The molecule has 0 aliphatic rings. The van der Waals surface area contributed by atoms with Gasteiger partial charge in [0.15, 0.2) is 11.5 Å². The van der Waals surface area contributed by atoms with E-state index in [2.05, 4.69) is 11.9 Å². The summed E-state index contributed by atoms with van der Waals surface area (Å²) in [7, 11) is 3.15. The van der Waals surface area contributed by atoms with E-state index in [1.165, 1.54) is 0 Å². The summed E-state index contributed by atoms with van der Waals surface area (Å²) in [5.41, 5.74) is 0.907. The summed E-state index contributed by atoms with van der Waals surface area (Å²) in [6, 6.07) is 3.70. The molecule has 0 aliphatic carbocycles. The fraction of sp³-hybridized carbons (Fsp3) is 0.308. The molecule has 0 bridgehead atoms. The minimum atomic E-state index is 0.512. The molecule has 0 aliphatic heterocycles. The zero-order chi connectivity index (χ0) is 13.1. The standard InChI is InChI=1S/C13H15ClN2O2/c1-4-16-6-5-15-13(16)9-7-10(14)12(18-3)11(8-9)17-2/h5-8H,4H2,1-3H3. The number of hydrogen-bond acceptors (Lipinski definition) is 3. The van der Waals surface area contributed by atoms with Crippen molar-refractivity contribution < 1.29 is 9.47 Å².